The van der Waals surface area contributed by atoms with Crippen LogP contribution in [0.1, 0.15) is 40.5 Å². The first-order valence-corrected chi connectivity index (χ1v) is 6.80. The van der Waals surface area contributed by atoms with Crippen molar-refractivity contribution in [1.29, 1.82) is 0 Å². The van der Waals surface area contributed by atoms with Gasteiger partial charge in [-0.25, -0.2) is 0 Å². The highest BCUT2D eigenvalue weighted by Crippen LogP contribution is 2.37. The third-order valence-electron chi connectivity index (χ3n) is 4.59. The van der Waals surface area contributed by atoms with Crippen molar-refractivity contribution < 1.29 is 0 Å². The summed E-state index contributed by atoms with van der Waals surface area (Å²) >= 11 is 4.42. The topological polar surface area (TPSA) is 24.1 Å². The van der Waals surface area contributed by atoms with E-state index in [1.165, 1.54) is 12.8 Å². The lowest BCUT2D eigenvalue weighted by Crippen LogP contribution is -2.46. The van der Waals surface area contributed by atoms with Gasteiger partial charge in [0.05, 0.1) is 0 Å². The van der Waals surface area contributed by atoms with Crippen LogP contribution in [0.15, 0.2) is 0 Å². The molecule has 1 rings (SSSR count). The second-order valence-corrected chi connectivity index (χ2v) is 5.41. The van der Waals surface area contributed by atoms with Crippen LogP contribution in [-0.2, 0) is 0 Å². The highest BCUT2D eigenvalue weighted by atomic mass is 32.1. The van der Waals surface area contributed by atoms with Gasteiger partial charge in [-0.1, -0.05) is 40.5 Å². The van der Waals surface area contributed by atoms with Crippen molar-refractivity contribution in [3.8, 4) is 0 Å². The molecule has 0 saturated carbocycles. The third-order valence-corrected chi connectivity index (χ3v) is 4.98. The smallest absolute Gasteiger partial charge is 0.0459 e. The first-order chi connectivity index (χ1) is 7.09. The fourth-order valence-corrected chi connectivity index (χ4v) is 2.96. The van der Waals surface area contributed by atoms with Crippen LogP contribution in [-0.4, -0.2) is 24.5 Å². The second-order valence-electron chi connectivity index (χ2n) is 5.05. The van der Waals surface area contributed by atoms with Crippen molar-refractivity contribution in [2.24, 2.45) is 11.3 Å². The molecule has 1 fully saturated rings. The number of thiol groups is 1. The number of hydrogen-bond donors (Lipinski definition) is 3. The van der Waals surface area contributed by atoms with Crippen LogP contribution in [0.5, 0.6) is 0 Å². The summed E-state index contributed by atoms with van der Waals surface area (Å²) in [5, 5.41) is 7.04. The molecule has 0 aromatic carbocycles. The van der Waals surface area contributed by atoms with Gasteiger partial charge in [0, 0.05) is 24.5 Å². The normalized spacial score (nSPS) is 29.4. The standard InChI is InChI=1S/C12H26N2S/c1-5-12(4,6-2)9(3)11-10(7-15)13-8-14-11/h9-11,13-15H,5-8H2,1-4H3. The molecule has 15 heavy (non-hydrogen) atoms. The van der Waals surface area contributed by atoms with Crippen molar-refractivity contribution in [2.75, 3.05) is 12.4 Å². The maximum Gasteiger partial charge on any atom is 0.0459 e. The van der Waals surface area contributed by atoms with E-state index in [1.54, 1.807) is 0 Å². The summed E-state index contributed by atoms with van der Waals surface area (Å²) in [4.78, 5) is 0. The van der Waals surface area contributed by atoms with Crippen molar-refractivity contribution >= 4 is 12.6 Å². The van der Waals surface area contributed by atoms with Gasteiger partial charge in [-0.15, -0.1) is 0 Å². The van der Waals surface area contributed by atoms with Crippen LogP contribution >= 0.6 is 12.6 Å². The molecular formula is C12H26N2S. The molecule has 0 bridgehead atoms. The zero-order valence-electron chi connectivity index (χ0n) is 10.5. The molecule has 2 N–H and O–H groups in total. The molecule has 0 aliphatic carbocycles. The molecule has 0 amide bonds. The Morgan fingerprint density at radius 1 is 1.33 bits per heavy atom. The minimum absolute atomic E-state index is 0.449. The van der Waals surface area contributed by atoms with Crippen LogP contribution in [0.2, 0.25) is 0 Å². The molecule has 0 spiro atoms. The Balaban J connectivity index is 2.69. The Morgan fingerprint density at radius 3 is 2.40 bits per heavy atom. The molecule has 0 aromatic rings. The van der Waals surface area contributed by atoms with Crippen LogP contribution < -0.4 is 10.6 Å². The largest absolute Gasteiger partial charge is 0.300 e. The van der Waals surface area contributed by atoms with Crippen molar-refractivity contribution in [3.63, 3.8) is 0 Å². The van der Waals surface area contributed by atoms with E-state index in [4.69, 9.17) is 0 Å². The van der Waals surface area contributed by atoms with Gasteiger partial charge < -0.3 is 0 Å². The Bertz CT molecular complexity index is 192. The van der Waals surface area contributed by atoms with Gasteiger partial charge in [0.2, 0.25) is 0 Å². The van der Waals surface area contributed by atoms with Gasteiger partial charge in [-0.05, 0) is 11.3 Å². The van der Waals surface area contributed by atoms with E-state index in [2.05, 4.69) is 51.0 Å². The van der Waals surface area contributed by atoms with E-state index in [0.29, 0.717) is 23.4 Å². The average molecular weight is 230 g/mol. The maximum atomic E-state index is 4.42. The number of nitrogens with one attached hydrogen (secondary N) is 2. The molecule has 1 aliphatic rings. The molecule has 3 heteroatoms. The predicted molar refractivity (Wildman–Crippen MR) is 70.4 cm³/mol. The summed E-state index contributed by atoms with van der Waals surface area (Å²) in [6.45, 7) is 10.3. The van der Waals surface area contributed by atoms with E-state index in [1.807, 2.05) is 0 Å². The Hall–Kier alpha value is 0.270. The molecule has 0 radical (unpaired) electrons. The van der Waals surface area contributed by atoms with E-state index in [-0.39, 0.29) is 0 Å². The van der Waals surface area contributed by atoms with Gasteiger partial charge in [0.1, 0.15) is 0 Å². The quantitative estimate of drug-likeness (QED) is 0.631. The van der Waals surface area contributed by atoms with Gasteiger partial charge in [0.15, 0.2) is 0 Å². The molecule has 0 aromatic heterocycles. The molecule has 90 valence electrons. The van der Waals surface area contributed by atoms with Crippen molar-refractivity contribution in [1.82, 2.24) is 10.6 Å². The summed E-state index contributed by atoms with van der Waals surface area (Å²) in [5.41, 5.74) is 0.449. The molecule has 2 nitrogen and oxygen atoms in total. The number of rotatable bonds is 5. The van der Waals surface area contributed by atoms with Gasteiger partial charge in [-0.3, -0.25) is 10.6 Å². The first kappa shape index (κ1) is 13.3. The molecule has 3 unspecified atom stereocenters. The minimum atomic E-state index is 0.449. The molecule has 3 atom stereocenters. The van der Waals surface area contributed by atoms with Gasteiger partial charge in [0.25, 0.3) is 0 Å². The summed E-state index contributed by atoms with van der Waals surface area (Å²) in [6, 6.07) is 1.10. The lowest BCUT2D eigenvalue weighted by atomic mass is 9.69. The van der Waals surface area contributed by atoms with Gasteiger partial charge >= 0.3 is 0 Å². The summed E-state index contributed by atoms with van der Waals surface area (Å²) < 4.78 is 0. The molecular weight excluding hydrogens is 204 g/mol. The van der Waals surface area contributed by atoms with Crippen molar-refractivity contribution in [3.05, 3.63) is 0 Å². The van der Waals surface area contributed by atoms with E-state index < -0.39 is 0 Å². The first-order valence-electron chi connectivity index (χ1n) is 6.16. The minimum Gasteiger partial charge on any atom is -0.300 e. The molecule has 1 aliphatic heterocycles. The van der Waals surface area contributed by atoms with Gasteiger partial charge in [-0.2, -0.15) is 12.6 Å². The zero-order valence-corrected chi connectivity index (χ0v) is 11.4. The summed E-state index contributed by atoms with van der Waals surface area (Å²) in [5.74, 6) is 1.62. The van der Waals surface area contributed by atoms with Crippen LogP contribution in [0, 0.1) is 11.3 Å². The lowest BCUT2D eigenvalue weighted by Gasteiger charge is -2.39. The van der Waals surface area contributed by atoms with Crippen LogP contribution in [0.3, 0.4) is 0 Å². The van der Waals surface area contributed by atoms with Crippen LogP contribution in [0.25, 0.3) is 0 Å². The second kappa shape index (κ2) is 5.55. The fourth-order valence-electron chi connectivity index (χ4n) is 2.61. The Morgan fingerprint density at radius 2 is 1.93 bits per heavy atom. The Kier molecular flexibility index (Phi) is 4.94. The summed E-state index contributed by atoms with van der Waals surface area (Å²) in [6.07, 6.45) is 2.50. The monoisotopic (exact) mass is 230 g/mol. The SMILES string of the molecule is CCC(C)(CC)C(C)C1NCNC1CS. The third kappa shape index (κ3) is 2.69. The average Bonchev–Trinajstić information content (AvgIpc) is 2.74. The maximum absolute atomic E-state index is 4.42. The summed E-state index contributed by atoms with van der Waals surface area (Å²) in [7, 11) is 0. The van der Waals surface area contributed by atoms with Crippen LogP contribution in [0.4, 0.5) is 0 Å². The van der Waals surface area contributed by atoms with Crippen molar-refractivity contribution in [2.45, 2.75) is 52.6 Å². The predicted octanol–water partition coefficient (Wildman–Crippen LogP) is 2.27. The highest BCUT2D eigenvalue weighted by Gasteiger charge is 2.38. The molecule has 1 saturated heterocycles. The van der Waals surface area contributed by atoms with E-state index >= 15 is 0 Å². The molecule has 1 heterocycles. The fraction of sp³-hybridized carbons (Fsp3) is 1.00. The highest BCUT2D eigenvalue weighted by molar-refractivity contribution is 7.80. The Labute approximate surface area is 100 Å². The lowest BCUT2D eigenvalue weighted by molar-refractivity contribution is 0.142. The zero-order chi connectivity index (χ0) is 11.5. The number of hydrogen-bond acceptors (Lipinski definition) is 3. The van der Waals surface area contributed by atoms with E-state index in [0.717, 1.165) is 12.4 Å². The van der Waals surface area contributed by atoms with E-state index in [9.17, 15) is 0 Å².